The van der Waals surface area contributed by atoms with Gasteiger partial charge in [-0.25, -0.2) is 4.68 Å². The molecule has 0 saturated heterocycles. The first-order valence-electron chi connectivity index (χ1n) is 8.78. The normalized spacial score (nSPS) is 13.0. The maximum absolute atomic E-state index is 6.28. The first kappa shape index (κ1) is 18.1. The van der Waals surface area contributed by atoms with Crippen LogP contribution in [0.4, 0.5) is 11.8 Å². The van der Waals surface area contributed by atoms with Crippen LogP contribution < -0.4 is 16.4 Å². The summed E-state index contributed by atoms with van der Waals surface area (Å²) < 4.78 is 1.78. The van der Waals surface area contributed by atoms with Crippen LogP contribution in [0.1, 0.15) is 38.1 Å². The third-order valence-electron chi connectivity index (χ3n) is 4.06. The van der Waals surface area contributed by atoms with Crippen molar-refractivity contribution in [2.75, 3.05) is 17.2 Å². The molecular weight excluding hydrogens is 326 g/mol. The molecule has 7 nitrogen and oxygen atoms in total. The van der Waals surface area contributed by atoms with Crippen LogP contribution in [0.2, 0.25) is 0 Å². The average Bonchev–Trinajstić information content (AvgIpc) is 2.86. The summed E-state index contributed by atoms with van der Waals surface area (Å²) in [5, 5.41) is 12.2. The van der Waals surface area contributed by atoms with Gasteiger partial charge in [0.1, 0.15) is 5.82 Å². The highest BCUT2D eigenvalue weighted by Crippen LogP contribution is 2.27. The first-order chi connectivity index (χ1) is 12.2. The molecule has 0 radical (unpaired) electrons. The van der Waals surface area contributed by atoms with E-state index in [9.17, 15) is 0 Å². The van der Waals surface area contributed by atoms with Gasteiger partial charge in [-0.15, -0.1) is 0 Å². The van der Waals surface area contributed by atoms with Crippen LogP contribution in [-0.4, -0.2) is 31.8 Å². The Hall–Kier alpha value is -2.67. The standard InChI is InChI=1S/C19H27N7/c1-12-15-16(24-19(2,3)4)22-18(23-17(15)26(5)25-12)21-11-14(20)13-9-7-6-8-10-13/h6-10,14H,11,20H2,1-5H3,(H2,21,22,23,24)/t14-/m0/s1. The fourth-order valence-electron chi connectivity index (χ4n) is 2.88. The average molecular weight is 353 g/mol. The van der Waals surface area contributed by atoms with Crippen LogP contribution in [-0.2, 0) is 7.05 Å². The third kappa shape index (κ3) is 3.94. The predicted octanol–water partition coefficient (Wildman–Crippen LogP) is 2.99. The third-order valence-corrected chi connectivity index (χ3v) is 4.06. The lowest BCUT2D eigenvalue weighted by Gasteiger charge is -2.22. The highest BCUT2D eigenvalue weighted by atomic mass is 15.3. The Morgan fingerprint density at radius 3 is 2.50 bits per heavy atom. The number of aromatic nitrogens is 4. The fraction of sp³-hybridized carbons (Fsp3) is 0.421. The van der Waals surface area contributed by atoms with E-state index in [1.807, 2.05) is 44.3 Å². The minimum Gasteiger partial charge on any atom is -0.365 e. The summed E-state index contributed by atoms with van der Waals surface area (Å²) in [7, 11) is 1.89. The van der Waals surface area contributed by atoms with E-state index in [-0.39, 0.29) is 11.6 Å². The zero-order valence-corrected chi connectivity index (χ0v) is 16.0. The Balaban J connectivity index is 1.90. The van der Waals surface area contributed by atoms with E-state index in [0.29, 0.717) is 12.5 Å². The second-order valence-electron chi connectivity index (χ2n) is 7.58. The van der Waals surface area contributed by atoms with E-state index >= 15 is 0 Å². The van der Waals surface area contributed by atoms with Crippen molar-refractivity contribution in [3.63, 3.8) is 0 Å². The minimum absolute atomic E-state index is 0.124. The van der Waals surface area contributed by atoms with Crippen LogP contribution >= 0.6 is 0 Å². The van der Waals surface area contributed by atoms with Gasteiger partial charge < -0.3 is 16.4 Å². The van der Waals surface area contributed by atoms with Gasteiger partial charge in [-0.05, 0) is 33.3 Å². The summed E-state index contributed by atoms with van der Waals surface area (Å²) in [5.74, 6) is 1.32. The molecule has 26 heavy (non-hydrogen) atoms. The van der Waals surface area contributed by atoms with E-state index in [1.165, 1.54) is 0 Å². The van der Waals surface area contributed by atoms with Crippen molar-refractivity contribution in [1.82, 2.24) is 19.7 Å². The summed E-state index contributed by atoms with van der Waals surface area (Å²) in [4.78, 5) is 9.32. The smallest absolute Gasteiger partial charge is 0.226 e. The molecule has 0 aliphatic heterocycles. The number of rotatable bonds is 5. The van der Waals surface area contributed by atoms with Gasteiger partial charge >= 0.3 is 0 Å². The molecule has 0 bridgehead atoms. The van der Waals surface area contributed by atoms with E-state index < -0.39 is 0 Å². The molecule has 0 unspecified atom stereocenters. The zero-order valence-electron chi connectivity index (χ0n) is 16.0. The largest absolute Gasteiger partial charge is 0.365 e. The van der Waals surface area contributed by atoms with Crippen LogP contribution in [0.5, 0.6) is 0 Å². The molecular formula is C19H27N7. The van der Waals surface area contributed by atoms with Crippen molar-refractivity contribution >= 4 is 22.8 Å². The van der Waals surface area contributed by atoms with Crippen molar-refractivity contribution in [3.8, 4) is 0 Å². The highest BCUT2D eigenvalue weighted by Gasteiger charge is 2.19. The highest BCUT2D eigenvalue weighted by molar-refractivity contribution is 5.90. The number of benzene rings is 1. The molecule has 2 aromatic heterocycles. The number of nitrogens with two attached hydrogens (primary N) is 1. The SMILES string of the molecule is Cc1nn(C)c2nc(NC[C@H](N)c3ccccc3)nc(NC(C)(C)C)c12. The van der Waals surface area contributed by atoms with Gasteiger partial charge in [0.05, 0.1) is 11.1 Å². The van der Waals surface area contributed by atoms with Gasteiger partial charge in [0.2, 0.25) is 5.95 Å². The van der Waals surface area contributed by atoms with Crippen molar-refractivity contribution in [1.29, 1.82) is 0 Å². The number of hydrogen-bond acceptors (Lipinski definition) is 6. The zero-order chi connectivity index (χ0) is 18.9. The van der Waals surface area contributed by atoms with Crippen LogP contribution in [0.15, 0.2) is 30.3 Å². The summed E-state index contributed by atoms with van der Waals surface area (Å²) in [5.41, 5.74) is 8.93. The number of aryl methyl sites for hydroxylation is 2. The molecule has 0 aliphatic carbocycles. The molecule has 0 fully saturated rings. The van der Waals surface area contributed by atoms with Gasteiger partial charge in [-0.1, -0.05) is 30.3 Å². The maximum Gasteiger partial charge on any atom is 0.226 e. The Morgan fingerprint density at radius 1 is 1.15 bits per heavy atom. The van der Waals surface area contributed by atoms with Crippen molar-refractivity contribution in [2.45, 2.75) is 39.3 Å². The molecule has 1 aromatic carbocycles. The molecule has 0 saturated carbocycles. The number of fused-ring (bicyclic) bond motifs is 1. The van der Waals surface area contributed by atoms with E-state index in [2.05, 4.69) is 46.5 Å². The Bertz CT molecular complexity index is 894. The second kappa shape index (κ2) is 6.92. The monoisotopic (exact) mass is 353 g/mol. The lowest BCUT2D eigenvalue weighted by molar-refractivity contribution is 0.631. The summed E-state index contributed by atoms with van der Waals surface area (Å²) in [6.45, 7) is 8.82. The van der Waals surface area contributed by atoms with Gasteiger partial charge in [0.25, 0.3) is 0 Å². The Morgan fingerprint density at radius 2 is 1.85 bits per heavy atom. The van der Waals surface area contributed by atoms with Crippen molar-refractivity contribution < 1.29 is 0 Å². The van der Waals surface area contributed by atoms with E-state index in [4.69, 9.17) is 5.73 Å². The number of hydrogen-bond donors (Lipinski definition) is 3. The van der Waals surface area contributed by atoms with E-state index in [0.717, 1.165) is 28.1 Å². The molecule has 138 valence electrons. The van der Waals surface area contributed by atoms with E-state index in [1.54, 1.807) is 4.68 Å². The van der Waals surface area contributed by atoms with Crippen LogP contribution in [0.3, 0.4) is 0 Å². The lowest BCUT2D eigenvalue weighted by atomic mass is 10.1. The van der Waals surface area contributed by atoms with Gasteiger partial charge in [0, 0.05) is 25.2 Å². The van der Waals surface area contributed by atoms with Gasteiger partial charge in [-0.3, -0.25) is 0 Å². The molecule has 0 aliphatic rings. The van der Waals surface area contributed by atoms with Crippen molar-refractivity contribution in [3.05, 3.63) is 41.6 Å². The van der Waals surface area contributed by atoms with Crippen molar-refractivity contribution in [2.24, 2.45) is 12.8 Å². The van der Waals surface area contributed by atoms with Gasteiger partial charge in [-0.2, -0.15) is 15.1 Å². The molecule has 1 atom stereocenters. The fourth-order valence-corrected chi connectivity index (χ4v) is 2.88. The number of nitrogens with one attached hydrogen (secondary N) is 2. The predicted molar refractivity (Wildman–Crippen MR) is 106 cm³/mol. The van der Waals surface area contributed by atoms with Gasteiger partial charge in [0.15, 0.2) is 5.65 Å². The minimum atomic E-state index is -0.136. The molecule has 7 heteroatoms. The second-order valence-corrected chi connectivity index (χ2v) is 7.58. The number of nitrogens with zero attached hydrogens (tertiary/aromatic N) is 4. The molecule has 3 rings (SSSR count). The summed E-state index contributed by atoms with van der Waals surface area (Å²) >= 11 is 0. The lowest BCUT2D eigenvalue weighted by Crippen LogP contribution is -2.27. The first-order valence-corrected chi connectivity index (χ1v) is 8.78. The molecule has 0 spiro atoms. The van der Waals surface area contributed by atoms with Crippen LogP contribution in [0.25, 0.3) is 11.0 Å². The van der Waals surface area contributed by atoms with Crippen LogP contribution in [0, 0.1) is 6.92 Å². The summed E-state index contributed by atoms with van der Waals surface area (Å²) in [6, 6.07) is 9.86. The molecule has 2 heterocycles. The molecule has 0 amide bonds. The topological polar surface area (TPSA) is 93.7 Å². The Labute approximate surface area is 154 Å². The molecule has 3 aromatic rings. The quantitative estimate of drug-likeness (QED) is 0.653. The maximum atomic E-state index is 6.28. The number of anilines is 2. The molecule has 4 N–H and O–H groups in total. The Kier molecular flexibility index (Phi) is 4.82. The summed E-state index contributed by atoms with van der Waals surface area (Å²) in [6.07, 6.45) is 0.